The Kier molecular flexibility index (Phi) is 3.81. The minimum absolute atomic E-state index is 0.276. The molecule has 0 radical (unpaired) electrons. The summed E-state index contributed by atoms with van der Waals surface area (Å²) in [7, 11) is 1.57. The molecule has 3 rings (SSSR count). The Bertz CT molecular complexity index is 786. The highest BCUT2D eigenvalue weighted by Gasteiger charge is 2.19. The lowest BCUT2D eigenvalue weighted by Gasteiger charge is -2.09. The van der Waals surface area contributed by atoms with Crippen molar-refractivity contribution in [3.63, 3.8) is 0 Å². The van der Waals surface area contributed by atoms with Crippen molar-refractivity contribution in [3.8, 4) is 0 Å². The molecule has 0 unspecified atom stereocenters. The van der Waals surface area contributed by atoms with Gasteiger partial charge < -0.3 is 10.6 Å². The van der Waals surface area contributed by atoms with Crippen LogP contribution >= 0.6 is 11.6 Å². The minimum Gasteiger partial charge on any atom is -0.341 e. The Morgan fingerprint density at radius 1 is 1.32 bits per heavy atom. The van der Waals surface area contributed by atoms with Gasteiger partial charge in [-0.3, -0.25) is 0 Å². The van der Waals surface area contributed by atoms with E-state index in [4.69, 9.17) is 11.6 Å². The van der Waals surface area contributed by atoms with Crippen molar-refractivity contribution in [2.24, 2.45) is 4.99 Å². The standard InChI is InChI=1S/C16H15ClN4O/c1-9-5-10-6-14(21-15(10)19-8-9)12-7-11(3-4-13(12)17)20-16(22)18-2/h3-5,7-8H,6H2,1-2H3,(H2,18,20,22). The number of pyridine rings is 1. The van der Waals surface area contributed by atoms with Gasteiger partial charge >= 0.3 is 6.03 Å². The summed E-state index contributed by atoms with van der Waals surface area (Å²) in [5.74, 6) is 0.737. The number of urea groups is 1. The number of hydrogen-bond donors (Lipinski definition) is 2. The zero-order chi connectivity index (χ0) is 15.7. The first-order valence-electron chi connectivity index (χ1n) is 6.88. The molecule has 2 aromatic rings. The maximum Gasteiger partial charge on any atom is 0.318 e. The molecule has 0 atom stereocenters. The minimum atomic E-state index is -0.276. The number of halogens is 1. The molecule has 1 aromatic carbocycles. The average molecular weight is 315 g/mol. The zero-order valence-corrected chi connectivity index (χ0v) is 13.0. The first-order valence-corrected chi connectivity index (χ1v) is 7.26. The summed E-state index contributed by atoms with van der Waals surface area (Å²) in [6.07, 6.45) is 2.49. The van der Waals surface area contributed by atoms with Gasteiger partial charge in [0.2, 0.25) is 0 Å². The van der Waals surface area contributed by atoms with E-state index in [1.807, 2.05) is 13.0 Å². The van der Waals surface area contributed by atoms with Gasteiger partial charge in [0.25, 0.3) is 0 Å². The summed E-state index contributed by atoms with van der Waals surface area (Å²) >= 11 is 6.29. The van der Waals surface area contributed by atoms with Crippen LogP contribution in [0.5, 0.6) is 0 Å². The molecule has 0 bridgehead atoms. The second-order valence-electron chi connectivity index (χ2n) is 5.13. The summed E-state index contributed by atoms with van der Waals surface area (Å²) in [5.41, 5.74) is 4.54. The molecule has 6 heteroatoms. The van der Waals surface area contributed by atoms with Crippen LogP contribution in [0.4, 0.5) is 16.3 Å². The third-order valence-corrected chi connectivity index (χ3v) is 3.77. The van der Waals surface area contributed by atoms with Crippen LogP contribution in [0.1, 0.15) is 16.7 Å². The van der Waals surface area contributed by atoms with Crippen molar-refractivity contribution in [1.29, 1.82) is 0 Å². The van der Waals surface area contributed by atoms with Crippen LogP contribution in [-0.4, -0.2) is 23.8 Å². The Balaban J connectivity index is 1.93. The molecule has 5 nitrogen and oxygen atoms in total. The van der Waals surface area contributed by atoms with Gasteiger partial charge in [-0.25, -0.2) is 14.8 Å². The van der Waals surface area contributed by atoms with Crippen LogP contribution in [0.3, 0.4) is 0 Å². The summed E-state index contributed by atoms with van der Waals surface area (Å²) in [4.78, 5) is 20.3. The largest absolute Gasteiger partial charge is 0.341 e. The van der Waals surface area contributed by atoms with Crippen LogP contribution < -0.4 is 10.6 Å². The highest BCUT2D eigenvalue weighted by molar-refractivity contribution is 6.34. The second-order valence-corrected chi connectivity index (χ2v) is 5.54. The smallest absolute Gasteiger partial charge is 0.318 e. The van der Waals surface area contributed by atoms with E-state index in [0.29, 0.717) is 17.1 Å². The first-order chi connectivity index (χ1) is 10.6. The normalized spacial score (nSPS) is 12.6. The van der Waals surface area contributed by atoms with E-state index in [1.54, 1.807) is 25.4 Å². The van der Waals surface area contributed by atoms with Crippen molar-refractivity contribution >= 4 is 34.8 Å². The fraction of sp³-hybridized carbons (Fsp3) is 0.188. The number of aliphatic imine (C=N–C) groups is 1. The number of nitrogens with zero attached hydrogens (tertiary/aromatic N) is 2. The third-order valence-electron chi connectivity index (χ3n) is 3.44. The third kappa shape index (κ3) is 2.80. The maximum absolute atomic E-state index is 11.4. The van der Waals surface area contributed by atoms with Gasteiger partial charge in [0.15, 0.2) is 5.82 Å². The number of aryl methyl sites for hydroxylation is 1. The maximum atomic E-state index is 11.4. The van der Waals surface area contributed by atoms with Gasteiger partial charge in [0.1, 0.15) is 0 Å². The van der Waals surface area contributed by atoms with Crippen LogP contribution in [0.2, 0.25) is 5.02 Å². The number of benzene rings is 1. The Morgan fingerprint density at radius 2 is 2.14 bits per heavy atom. The molecule has 22 heavy (non-hydrogen) atoms. The number of rotatable bonds is 2. The predicted octanol–water partition coefficient (Wildman–Crippen LogP) is 3.47. The molecular formula is C16H15ClN4O. The molecule has 0 aliphatic carbocycles. The number of hydrogen-bond acceptors (Lipinski definition) is 3. The summed E-state index contributed by atoms with van der Waals surface area (Å²) < 4.78 is 0. The molecule has 1 aliphatic rings. The summed E-state index contributed by atoms with van der Waals surface area (Å²) in [6, 6.07) is 7.15. The molecule has 0 saturated heterocycles. The molecule has 2 amide bonds. The highest BCUT2D eigenvalue weighted by atomic mass is 35.5. The SMILES string of the molecule is CNC(=O)Nc1ccc(Cl)c(C2=Nc3ncc(C)cc3C2)c1. The molecule has 0 spiro atoms. The fourth-order valence-electron chi connectivity index (χ4n) is 2.37. The van der Waals surface area contributed by atoms with Gasteiger partial charge in [-0.1, -0.05) is 17.7 Å². The van der Waals surface area contributed by atoms with Crippen molar-refractivity contribution in [1.82, 2.24) is 10.3 Å². The monoisotopic (exact) mass is 314 g/mol. The van der Waals surface area contributed by atoms with E-state index in [-0.39, 0.29) is 6.03 Å². The zero-order valence-electron chi connectivity index (χ0n) is 12.3. The van der Waals surface area contributed by atoms with Crippen LogP contribution in [0.15, 0.2) is 35.5 Å². The number of carbonyl (C=O) groups is 1. The fourth-order valence-corrected chi connectivity index (χ4v) is 2.60. The van der Waals surface area contributed by atoms with E-state index >= 15 is 0 Å². The van der Waals surface area contributed by atoms with Crippen molar-refractivity contribution in [2.75, 3.05) is 12.4 Å². The van der Waals surface area contributed by atoms with E-state index in [1.165, 1.54) is 0 Å². The Labute approximate surface area is 133 Å². The molecule has 112 valence electrons. The lowest BCUT2D eigenvalue weighted by molar-refractivity contribution is 0.254. The molecular weight excluding hydrogens is 300 g/mol. The van der Waals surface area contributed by atoms with E-state index < -0.39 is 0 Å². The molecule has 1 aromatic heterocycles. The van der Waals surface area contributed by atoms with Crippen LogP contribution in [-0.2, 0) is 6.42 Å². The van der Waals surface area contributed by atoms with Crippen molar-refractivity contribution in [2.45, 2.75) is 13.3 Å². The summed E-state index contributed by atoms with van der Waals surface area (Å²) in [5, 5.41) is 5.85. The average Bonchev–Trinajstić information content (AvgIpc) is 2.91. The van der Waals surface area contributed by atoms with Gasteiger partial charge in [0.05, 0.1) is 5.71 Å². The molecule has 2 heterocycles. The number of carbonyl (C=O) groups excluding carboxylic acids is 1. The number of anilines is 1. The van der Waals surface area contributed by atoms with Gasteiger partial charge in [0, 0.05) is 41.5 Å². The Hall–Kier alpha value is -2.40. The quantitative estimate of drug-likeness (QED) is 0.891. The number of nitrogens with one attached hydrogen (secondary N) is 2. The highest BCUT2D eigenvalue weighted by Crippen LogP contribution is 2.31. The van der Waals surface area contributed by atoms with Gasteiger partial charge in [-0.05, 0) is 30.7 Å². The molecule has 2 N–H and O–H groups in total. The van der Waals surface area contributed by atoms with Gasteiger partial charge in [-0.2, -0.15) is 0 Å². The van der Waals surface area contributed by atoms with E-state index in [9.17, 15) is 4.79 Å². The van der Waals surface area contributed by atoms with Crippen molar-refractivity contribution in [3.05, 3.63) is 52.2 Å². The molecule has 0 fully saturated rings. The van der Waals surface area contributed by atoms with E-state index in [0.717, 1.165) is 28.2 Å². The number of amides is 2. The lowest BCUT2D eigenvalue weighted by Crippen LogP contribution is -2.24. The lowest BCUT2D eigenvalue weighted by atomic mass is 10.0. The Morgan fingerprint density at radius 3 is 2.91 bits per heavy atom. The number of fused-ring (bicyclic) bond motifs is 1. The molecule has 1 aliphatic heterocycles. The second kappa shape index (κ2) is 5.77. The topological polar surface area (TPSA) is 66.4 Å². The predicted molar refractivity (Wildman–Crippen MR) is 88.4 cm³/mol. The first kappa shape index (κ1) is 14.5. The van der Waals surface area contributed by atoms with Crippen LogP contribution in [0, 0.1) is 6.92 Å². The van der Waals surface area contributed by atoms with Crippen molar-refractivity contribution < 1.29 is 4.79 Å². The number of aromatic nitrogens is 1. The molecule has 0 saturated carbocycles. The van der Waals surface area contributed by atoms with Gasteiger partial charge in [-0.15, -0.1) is 0 Å². The van der Waals surface area contributed by atoms with Crippen LogP contribution in [0.25, 0.3) is 0 Å². The van der Waals surface area contributed by atoms with E-state index in [2.05, 4.69) is 26.7 Å². The summed E-state index contributed by atoms with van der Waals surface area (Å²) in [6.45, 7) is 2.01.